The number of rotatable bonds is 5. The van der Waals surface area contributed by atoms with E-state index in [1.54, 1.807) is 35.4 Å². The lowest BCUT2D eigenvalue weighted by atomic mass is 10.4. The zero-order valence-electron chi connectivity index (χ0n) is 11.8. The van der Waals surface area contributed by atoms with Gasteiger partial charge >= 0.3 is 0 Å². The van der Waals surface area contributed by atoms with Crippen molar-refractivity contribution in [1.82, 2.24) is 24.7 Å². The van der Waals surface area contributed by atoms with Crippen LogP contribution in [0.15, 0.2) is 59.9 Å². The molecule has 2 heterocycles. The fraction of sp³-hybridized carbons (Fsp3) is 0.0714. The molecule has 2 aromatic heterocycles. The lowest BCUT2D eigenvalue weighted by Gasteiger charge is -2.04. The second-order valence-electron chi connectivity index (χ2n) is 4.64. The van der Waals surface area contributed by atoms with Crippen molar-refractivity contribution < 1.29 is 8.42 Å². The number of aromatic nitrogens is 4. The van der Waals surface area contributed by atoms with Crippen LogP contribution in [-0.4, -0.2) is 28.4 Å². The monoisotopic (exact) mass is 349 g/mol. The molecule has 1 aromatic carbocycles. The van der Waals surface area contributed by atoms with E-state index in [0.29, 0.717) is 10.7 Å². The van der Waals surface area contributed by atoms with Crippen molar-refractivity contribution in [2.75, 3.05) is 0 Å². The van der Waals surface area contributed by atoms with Gasteiger partial charge in [-0.2, -0.15) is 0 Å². The molecule has 0 saturated heterocycles. The molecule has 9 heteroatoms. The summed E-state index contributed by atoms with van der Waals surface area (Å²) < 4.78 is 28.4. The van der Waals surface area contributed by atoms with Gasteiger partial charge in [-0.1, -0.05) is 16.8 Å². The van der Waals surface area contributed by atoms with Crippen LogP contribution in [0.2, 0.25) is 5.02 Å². The first-order chi connectivity index (χ1) is 11.0. The van der Waals surface area contributed by atoms with E-state index in [1.165, 1.54) is 24.3 Å². The molecule has 23 heavy (non-hydrogen) atoms. The number of halogens is 1. The molecule has 7 nitrogen and oxygen atoms in total. The van der Waals surface area contributed by atoms with Crippen LogP contribution in [0, 0.1) is 0 Å². The van der Waals surface area contributed by atoms with Crippen molar-refractivity contribution in [1.29, 1.82) is 0 Å². The molecule has 0 atom stereocenters. The third-order valence-corrected chi connectivity index (χ3v) is 4.70. The summed E-state index contributed by atoms with van der Waals surface area (Å²) in [4.78, 5) is 4.07. The zero-order chi connectivity index (χ0) is 16.3. The summed E-state index contributed by atoms with van der Waals surface area (Å²) in [5.74, 6) is 0. The quantitative estimate of drug-likeness (QED) is 0.758. The van der Waals surface area contributed by atoms with Gasteiger partial charge in [0, 0.05) is 17.4 Å². The lowest BCUT2D eigenvalue weighted by molar-refractivity contribution is 0.580. The Kier molecular flexibility index (Phi) is 4.37. The predicted molar refractivity (Wildman–Crippen MR) is 84.6 cm³/mol. The molecule has 3 rings (SSSR count). The van der Waals surface area contributed by atoms with Gasteiger partial charge in [0.15, 0.2) is 0 Å². The van der Waals surface area contributed by atoms with E-state index < -0.39 is 10.0 Å². The molecule has 0 aliphatic rings. The van der Waals surface area contributed by atoms with Crippen LogP contribution < -0.4 is 4.72 Å². The van der Waals surface area contributed by atoms with Gasteiger partial charge in [0.25, 0.3) is 0 Å². The maximum atomic E-state index is 12.2. The molecule has 0 unspecified atom stereocenters. The molecule has 0 radical (unpaired) electrons. The van der Waals surface area contributed by atoms with Crippen molar-refractivity contribution in [3.63, 3.8) is 0 Å². The zero-order valence-corrected chi connectivity index (χ0v) is 13.4. The molecule has 0 fully saturated rings. The molecular weight excluding hydrogens is 338 g/mol. The van der Waals surface area contributed by atoms with Crippen LogP contribution in [0.4, 0.5) is 0 Å². The third-order valence-electron chi connectivity index (χ3n) is 3.04. The average Bonchev–Trinajstić information content (AvgIpc) is 3.03. The van der Waals surface area contributed by atoms with E-state index in [0.717, 1.165) is 5.69 Å². The minimum atomic E-state index is -3.63. The highest BCUT2D eigenvalue weighted by Crippen LogP contribution is 2.14. The van der Waals surface area contributed by atoms with Gasteiger partial charge in [0.1, 0.15) is 0 Å². The Labute approximate surface area is 138 Å². The van der Waals surface area contributed by atoms with Crippen molar-refractivity contribution in [2.45, 2.75) is 11.4 Å². The van der Waals surface area contributed by atoms with Crippen molar-refractivity contribution in [3.05, 3.63) is 65.7 Å². The molecule has 0 spiro atoms. The summed E-state index contributed by atoms with van der Waals surface area (Å²) in [5.41, 5.74) is 1.29. The Bertz CT molecular complexity index is 894. The van der Waals surface area contributed by atoms with E-state index in [-0.39, 0.29) is 11.4 Å². The molecule has 1 N–H and O–H groups in total. The number of benzene rings is 1. The third kappa shape index (κ3) is 3.73. The first kappa shape index (κ1) is 15.6. The standard InChI is InChI=1S/C14H12ClN5O2S/c15-11-1-3-14(4-2-11)23(21,22)17-9-12-10-20(19-18-12)13-5-7-16-8-6-13/h1-8,10,17H,9H2. The number of sulfonamides is 1. The maximum Gasteiger partial charge on any atom is 0.240 e. The Morgan fingerprint density at radius 2 is 1.78 bits per heavy atom. The van der Waals surface area contributed by atoms with Gasteiger partial charge in [-0.05, 0) is 36.4 Å². The first-order valence-electron chi connectivity index (χ1n) is 6.61. The van der Waals surface area contributed by atoms with Gasteiger partial charge in [0.2, 0.25) is 10.0 Å². The maximum absolute atomic E-state index is 12.2. The van der Waals surface area contributed by atoms with E-state index >= 15 is 0 Å². The SMILES string of the molecule is O=S(=O)(NCc1cn(-c2ccncc2)nn1)c1ccc(Cl)cc1. The average molecular weight is 350 g/mol. The highest BCUT2D eigenvalue weighted by atomic mass is 35.5. The summed E-state index contributed by atoms with van der Waals surface area (Å²) in [5, 5.41) is 8.38. The lowest BCUT2D eigenvalue weighted by Crippen LogP contribution is -2.23. The van der Waals surface area contributed by atoms with Crippen LogP contribution in [0.3, 0.4) is 0 Å². The first-order valence-corrected chi connectivity index (χ1v) is 8.47. The second-order valence-corrected chi connectivity index (χ2v) is 6.84. The molecule has 0 saturated carbocycles. The summed E-state index contributed by atoms with van der Waals surface area (Å²) >= 11 is 5.75. The highest BCUT2D eigenvalue weighted by Gasteiger charge is 2.14. The minimum Gasteiger partial charge on any atom is -0.265 e. The second kappa shape index (κ2) is 6.45. The van der Waals surface area contributed by atoms with Gasteiger partial charge in [-0.15, -0.1) is 5.10 Å². The fourth-order valence-corrected chi connectivity index (χ4v) is 2.99. The van der Waals surface area contributed by atoms with Crippen LogP contribution >= 0.6 is 11.6 Å². The van der Waals surface area contributed by atoms with E-state index in [9.17, 15) is 8.42 Å². The summed E-state index contributed by atoms with van der Waals surface area (Å²) in [7, 11) is -3.63. The van der Waals surface area contributed by atoms with Crippen LogP contribution in [0.5, 0.6) is 0 Å². The molecule has 0 aliphatic carbocycles. The Morgan fingerprint density at radius 1 is 1.09 bits per heavy atom. The number of nitrogens with one attached hydrogen (secondary N) is 1. The Balaban J connectivity index is 1.71. The molecule has 0 aliphatic heterocycles. The Hall–Kier alpha value is -2.29. The number of hydrogen-bond acceptors (Lipinski definition) is 5. The van der Waals surface area contributed by atoms with Crippen LogP contribution in [-0.2, 0) is 16.6 Å². The van der Waals surface area contributed by atoms with Crippen molar-refractivity contribution in [3.8, 4) is 5.69 Å². The summed E-state index contributed by atoms with van der Waals surface area (Å²) in [6.45, 7) is 0.0377. The number of nitrogens with zero attached hydrogens (tertiary/aromatic N) is 4. The van der Waals surface area contributed by atoms with E-state index in [2.05, 4.69) is 20.0 Å². The molecule has 3 aromatic rings. The minimum absolute atomic E-state index is 0.0377. The van der Waals surface area contributed by atoms with E-state index in [4.69, 9.17) is 11.6 Å². The molecule has 0 bridgehead atoms. The normalized spacial score (nSPS) is 11.5. The number of pyridine rings is 1. The largest absolute Gasteiger partial charge is 0.265 e. The summed E-state index contributed by atoms with van der Waals surface area (Å²) in [6, 6.07) is 9.48. The molecular formula is C14H12ClN5O2S. The Morgan fingerprint density at radius 3 is 2.48 bits per heavy atom. The van der Waals surface area contributed by atoms with Gasteiger partial charge in [-0.3, -0.25) is 4.98 Å². The van der Waals surface area contributed by atoms with Crippen molar-refractivity contribution >= 4 is 21.6 Å². The smallest absolute Gasteiger partial charge is 0.240 e. The van der Waals surface area contributed by atoms with Gasteiger partial charge in [-0.25, -0.2) is 17.8 Å². The van der Waals surface area contributed by atoms with E-state index in [1.807, 2.05) is 0 Å². The molecule has 0 amide bonds. The van der Waals surface area contributed by atoms with Gasteiger partial charge in [0.05, 0.1) is 29.0 Å². The van der Waals surface area contributed by atoms with Crippen LogP contribution in [0.1, 0.15) is 5.69 Å². The predicted octanol–water partition coefficient (Wildman–Crippen LogP) is 1.79. The van der Waals surface area contributed by atoms with Crippen LogP contribution in [0.25, 0.3) is 5.69 Å². The number of hydrogen-bond donors (Lipinski definition) is 1. The summed E-state index contributed by atoms with van der Waals surface area (Å²) in [6.07, 6.45) is 4.93. The fourth-order valence-electron chi connectivity index (χ4n) is 1.87. The molecule has 118 valence electrons. The van der Waals surface area contributed by atoms with Crippen molar-refractivity contribution in [2.24, 2.45) is 0 Å². The van der Waals surface area contributed by atoms with Gasteiger partial charge < -0.3 is 0 Å². The topological polar surface area (TPSA) is 89.8 Å². The highest BCUT2D eigenvalue weighted by molar-refractivity contribution is 7.89.